The molecule has 76 valence electrons. The molecule has 0 spiro atoms. The number of nitrogens with zero attached hydrogens (tertiary/aromatic N) is 1. The molecule has 2 aromatic rings. The van der Waals surface area contributed by atoms with Crippen LogP contribution in [0.5, 0.6) is 0 Å². The maximum absolute atomic E-state index is 11.5. The van der Waals surface area contributed by atoms with Crippen LogP contribution in [0.4, 0.5) is 4.79 Å². The van der Waals surface area contributed by atoms with Gasteiger partial charge >= 0.3 is 6.09 Å². The van der Waals surface area contributed by atoms with Gasteiger partial charge in [-0.1, -0.05) is 12.1 Å². The molecule has 0 atom stereocenters. The average Bonchev–Trinajstić information content (AvgIpc) is 2.29. The molecule has 0 saturated carbocycles. The molecule has 0 aliphatic carbocycles. The molecule has 1 heterocycles. The van der Waals surface area contributed by atoms with Crippen LogP contribution in [0.3, 0.4) is 0 Å². The van der Waals surface area contributed by atoms with Crippen molar-refractivity contribution in [1.82, 2.24) is 4.57 Å². The zero-order valence-corrected chi connectivity index (χ0v) is 8.14. The molecule has 0 aliphatic rings. The molecule has 4 heteroatoms. The van der Waals surface area contributed by atoms with E-state index < -0.39 is 6.09 Å². The van der Waals surface area contributed by atoms with Crippen LogP contribution in [0.15, 0.2) is 41.3 Å². The van der Waals surface area contributed by atoms with E-state index in [1.54, 1.807) is 24.3 Å². The first kappa shape index (κ1) is 9.45. The first-order valence-electron chi connectivity index (χ1n) is 4.43. The Morgan fingerprint density at radius 2 is 2.00 bits per heavy atom. The van der Waals surface area contributed by atoms with E-state index in [9.17, 15) is 9.59 Å². The summed E-state index contributed by atoms with van der Waals surface area (Å²) in [7, 11) is 1.30. The Balaban J connectivity index is 2.83. The van der Waals surface area contributed by atoms with Gasteiger partial charge < -0.3 is 4.74 Å². The molecule has 0 unspecified atom stereocenters. The summed E-state index contributed by atoms with van der Waals surface area (Å²) in [6.45, 7) is 0. The number of carbonyl (C=O) groups is 1. The molecule has 4 nitrogen and oxygen atoms in total. The number of methoxy groups -OCH3 is 1. The molecule has 0 radical (unpaired) electrons. The number of para-hydroxylation sites is 1. The molecule has 1 aromatic heterocycles. The Morgan fingerprint density at radius 1 is 1.27 bits per heavy atom. The Bertz CT molecular complexity index is 571. The van der Waals surface area contributed by atoms with Crippen LogP contribution in [0.2, 0.25) is 0 Å². The lowest BCUT2D eigenvalue weighted by Crippen LogP contribution is -2.15. The third-order valence-corrected chi connectivity index (χ3v) is 2.18. The Hall–Kier alpha value is -2.10. The van der Waals surface area contributed by atoms with Gasteiger partial charge in [0.25, 0.3) is 0 Å². The van der Waals surface area contributed by atoms with Crippen LogP contribution >= 0.6 is 0 Å². The lowest BCUT2D eigenvalue weighted by atomic mass is 10.2. The van der Waals surface area contributed by atoms with Crippen LogP contribution in [0.1, 0.15) is 0 Å². The fraction of sp³-hybridized carbons (Fsp3) is 0.0909. The predicted octanol–water partition coefficient (Wildman–Crippen LogP) is 1.62. The quantitative estimate of drug-likeness (QED) is 0.653. The number of hydrogen-bond acceptors (Lipinski definition) is 3. The number of hydrogen-bond donors (Lipinski definition) is 0. The number of carbonyl (C=O) groups excluding carboxylic acids is 1. The third-order valence-electron chi connectivity index (χ3n) is 2.18. The van der Waals surface area contributed by atoms with E-state index in [2.05, 4.69) is 4.74 Å². The highest BCUT2D eigenvalue weighted by Gasteiger charge is 2.07. The van der Waals surface area contributed by atoms with Gasteiger partial charge in [-0.3, -0.25) is 9.36 Å². The maximum atomic E-state index is 11.5. The van der Waals surface area contributed by atoms with Gasteiger partial charge in [-0.15, -0.1) is 0 Å². The molecule has 0 bridgehead atoms. The van der Waals surface area contributed by atoms with E-state index in [0.29, 0.717) is 10.9 Å². The van der Waals surface area contributed by atoms with Crippen molar-refractivity contribution in [2.45, 2.75) is 0 Å². The van der Waals surface area contributed by atoms with Gasteiger partial charge in [-0.25, -0.2) is 4.79 Å². The normalized spacial score (nSPS) is 10.2. The average molecular weight is 203 g/mol. The second-order valence-corrected chi connectivity index (χ2v) is 3.04. The van der Waals surface area contributed by atoms with Gasteiger partial charge in [-0.2, -0.15) is 0 Å². The zero-order chi connectivity index (χ0) is 10.8. The highest BCUT2D eigenvalue weighted by molar-refractivity contribution is 5.87. The summed E-state index contributed by atoms with van der Waals surface area (Å²) in [6.07, 6.45) is 0.905. The Morgan fingerprint density at radius 3 is 2.73 bits per heavy atom. The van der Waals surface area contributed by atoms with Gasteiger partial charge in [-0.05, 0) is 12.1 Å². The summed E-state index contributed by atoms with van der Waals surface area (Å²) >= 11 is 0. The summed E-state index contributed by atoms with van der Waals surface area (Å²) in [4.78, 5) is 22.9. The predicted molar refractivity (Wildman–Crippen MR) is 56.0 cm³/mol. The molecule has 0 amide bonds. The molecule has 1 aromatic carbocycles. The minimum absolute atomic E-state index is 0.106. The fourth-order valence-corrected chi connectivity index (χ4v) is 1.46. The number of fused-ring (bicyclic) bond motifs is 1. The first-order chi connectivity index (χ1) is 7.24. The zero-order valence-electron chi connectivity index (χ0n) is 8.14. The van der Waals surface area contributed by atoms with Crippen molar-refractivity contribution in [3.8, 4) is 0 Å². The summed E-state index contributed by atoms with van der Waals surface area (Å²) < 4.78 is 5.91. The lowest BCUT2D eigenvalue weighted by molar-refractivity contribution is 0.174. The number of pyridine rings is 1. The highest BCUT2D eigenvalue weighted by Crippen LogP contribution is 2.09. The van der Waals surface area contributed by atoms with E-state index in [1.165, 1.54) is 23.9 Å². The maximum Gasteiger partial charge on any atom is 0.418 e. The minimum Gasteiger partial charge on any atom is -0.452 e. The first-order valence-corrected chi connectivity index (χ1v) is 4.43. The van der Waals surface area contributed by atoms with Crippen molar-refractivity contribution in [1.29, 1.82) is 0 Å². The number of benzene rings is 1. The van der Waals surface area contributed by atoms with Crippen LogP contribution in [-0.4, -0.2) is 17.8 Å². The van der Waals surface area contributed by atoms with Crippen LogP contribution in [-0.2, 0) is 4.74 Å². The van der Waals surface area contributed by atoms with Crippen molar-refractivity contribution in [3.63, 3.8) is 0 Å². The summed E-state index contributed by atoms with van der Waals surface area (Å²) in [6, 6.07) is 8.25. The number of aromatic nitrogens is 1. The van der Waals surface area contributed by atoms with Gasteiger partial charge in [0.2, 0.25) is 0 Å². The second kappa shape index (κ2) is 3.57. The van der Waals surface area contributed by atoms with E-state index >= 15 is 0 Å². The number of rotatable bonds is 0. The third kappa shape index (κ3) is 1.50. The monoisotopic (exact) mass is 203 g/mol. The molecular formula is C11H9NO3. The molecule has 0 saturated heterocycles. The smallest absolute Gasteiger partial charge is 0.418 e. The van der Waals surface area contributed by atoms with Crippen LogP contribution in [0.25, 0.3) is 10.9 Å². The van der Waals surface area contributed by atoms with Crippen molar-refractivity contribution in [3.05, 3.63) is 46.8 Å². The topological polar surface area (TPSA) is 48.3 Å². The van der Waals surface area contributed by atoms with Crippen molar-refractivity contribution in [2.75, 3.05) is 7.11 Å². The van der Waals surface area contributed by atoms with Crippen molar-refractivity contribution < 1.29 is 9.53 Å². The van der Waals surface area contributed by atoms with Gasteiger partial charge in [0.15, 0.2) is 5.43 Å². The van der Waals surface area contributed by atoms with Crippen LogP contribution < -0.4 is 5.43 Å². The summed E-state index contributed by atoms with van der Waals surface area (Å²) in [5.74, 6) is 0. The van der Waals surface area contributed by atoms with Gasteiger partial charge in [0, 0.05) is 17.6 Å². The van der Waals surface area contributed by atoms with E-state index in [1.807, 2.05) is 0 Å². The highest BCUT2D eigenvalue weighted by atomic mass is 16.5. The van der Waals surface area contributed by atoms with E-state index in [4.69, 9.17) is 0 Å². The van der Waals surface area contributed by atoms with Crippen molar-refractivity contribution in [2.24, 2.45) is 0 Å². The van der Waals surface area contributed by atoms with Gasteiger partial charge in [0.05, 0.1) is 12.6 Å². The molecule has 0 N–H and O–H groups in total. The van der Waals surface area contributed by atoms with Gasteiger partial charge in [0.1, 0.15) is 0 Å². The Labute approximate surface area is 85.7 Å². The molecule has 15 heavy (non-hydrogen) atoms. The minimum atomic E-state index is -0.508. The Kier molecular flexibility index (Phi) is 2.25. The summed E-state index contributed by atoms with van der Waals surface area (Å²) in [5, 5.41) is 0.505. The van der Waals surface area contributed by atoms with Crippen molar-refractivity contribution >= 4 is 17.0 Å². The van der Waals surface area contributed by atoms with Crippen LogP contribution in [0, 0.1) is 0 Å². The molecule has 0 aliphatic heterocycles. The fourth-order valence-electron chi connectivity index (χ4n) is 1.46. The number of ether oxygens (including phenoxy) is 1. The molecular weight excluding hydrogens is 194 g/mol. The second-order valence-electron chi connectivity index (χ2n) is 3.04. The molecule has 0 fully saturated rings. The molecule has 2 rings (SSSR count). The van der Waals surface area contributed by atoms with E-state index in [0.717, 1.165) is 0 Å². The lowest BCUT2D eigenvalue weighted by Gasteiger charge is -2.06. The largest absolute Gasteiger partial charge is 0.452 e. The summed E-state index contributed by atoms with van der Waals surface area (Å²) in [5.41, 5.74) is 0.447. The SMILES string of the molecule is COC(=O)n1ccc(=O)c2ccccc21. The van der Waals surface area contributed by atoms with E-state index in [-0.39, 0.29) is 5.43 Å². The standard InChI is InChI=1S/C11H9NO3/c1-15-11(14)12-7-6-10(13)8-4-2-3-5-9(8)12/h2-7H,1H3.